The Balaban J connectivity index is 1.50. The van der Waals surface area contributed by atoms with Gasteiger partial charge < -0.3 is 9.64 Å². The molecule has 156 valence electrons. The highest BCUT2D eigenvalue weighted by Crippen LogP contribution is 2.21. The van der Waals surface area contributed by atoms with Crippen molar-refractivity contribution in [1.82, 2.24) is 14.3 Å². The average molecular weight is 425 g/mol. The van der Waals surface area contributed by atoms with Gasteiger partial charge in [0.05, 0.1) is 13.3 Å². The molecule has 4 rings (SSSR count). The van der Waals surface area contributed by atoms with Gasteiger partial charge in [-0.25, -0.2) is 4.98 Å². The first-order chi connectivity index (χ1) is 14.7. The molecule has 0 aliphatic carbocycles. The molecular formula is C22H28N6OS+2. The van der Waals surface area contributed by atoms with Gasteiger partial charge in [-0.05, 0) is 42.5 Å². The van der Waals surface area contributed by atoms with E-state index in [2.05, 4.69) is 28.6 Å². The molecular weight excluding hydrogens is 396 g/mol. The number of methoxy groups -OCH3 is 1. The minimum absolute atomic E-state index is 0.632. The Morgan fingerprint density at radius 2 is 1.97 bits per heavy atom. The van der Waals surface area contributed by atoms with E-state index in [4.69, 9.17) is 22.1 Å². The molecule has 1 aliphatic rings. The molecule has 1 aliphatic heterocycles. The van der Waals surface area contributed by atoms with Crippen molar-refractivity contribution >= 4 is 18.0 Å². The predicted octanol–water partition coefficient (Wildman–Crippen LogP) is 1.45. The van der Waals surface area contributed by atoms with Gasteiger partial charge in [0, 0.05) is 18.2 Å². The number of pyridine rings is 1. The predicted molar refractivity (Wildman–Crippen MR) is 119 cm³/mol. The van der Waals surface area contributed by atoms with Crippen LogP contribution < -0.4 is 19.5 Å². The fourth-order valence-electron chi connectivity index (χ4n) is 3.81. The van der Waals surface area contributed by atoms with Gasteiger partial charge in [-0.1, -0.05) is 12.1 Å². The molecule has 1 fully saturated rings. The molecule has 0 amide bonds. The topological polar surface area (TPSA) is 53.8 Å². The second-order valence-corrected chi connectivity index (χ2v) is 7.74. The van der Waals surface area contributed by atoms with Crippen LogP contribution in [0.4, 0.5) is 5.82 Å². The lowest BCUT2D eigenvalue weighted by Crippen LogP contribution is -3.14. The zero-order valence-corrected chi connectivity index (χ0v) is 18.1. The van der Waals surface area contributed by atoms with Crippen molar-refractivity contribution in [3.05, 3.63) is 66.1 Å². The Labute approximate surface area is 181 Å². The Hall–Kier alpha value is -2.97. The SMILES string of the molecule is C=CCn1c(-c2ccc(OC)cc2)nn(C[NH+]2CCN(c3cccc[nH+]3)CC2)c1=S. The highest BCUT2D eigenvalue weighted by molar-refractivity contribution is 7.71. The third-order valence-corrected chi connectivity index (χ3v) is 5.89. The van der Waals surface area contributed by atoms with E-state index in [1.165, 1.54) is 10.7 Å². The molecule has 0 radical (unpaired) electrons. The smallest absolute Gasteiger partial charge is 0.274 e. The summed E-state index contributed by atoms with van der Waals surface area (Å²) >= 11 is 5.76. The van der Waals surface area contributed by atoms with Crippen molar-refractivity contribution in [2.45, 2.75) is 13.2 Å². The van der Waals surface area contributed by atoms with Crippen molar-refractivity contribution in [3.63, 3.8) is 0 Å². The number of quaternary nitrogens is 1. The van der Waals surface area contributed by atoms with E-state index in [1.807, 2.05) is 51.9 Å². The molecule has 30 heavy (non-hydrogen) atoms. The van der Waals surface area contributed by atoms with E-state index in [0.717, 1.165) is 54.8 Å². The Morgan fingerprint density at radius 3 is 2.60 bits per heavy atom. The second-order valence-electron chi connectivity index (χ2n) is 7.38. The monoisotopic (exact) mass is 424 g/mol. The van der Waals surface area contributed by atoms with E-state index in [0.29, 0.717) is 6.54 Å². The molecule has 0 unspecified atom stereocenters. The average Bonchev–Trinajstić information content (AvgIpc) is 3.10. The van der Waals surface area contributed by atoms with Crippen LogP contribution in [0, 0.1) is 4.77 Å². The summed E-state index contributed by atoms with van der Waals surface area (Å²) in [7, 11) is 1.67. The van der Waals surface area contributed by atoms with E-state index in [-0.39, 0.29) is 0 Å². The van der Waals surface area contributed by atoms with Crippen molar-refractivity contribution < 1.29 is 14.6 Å². The number of rotatable bonds is 7. The highest BCUT2D eigenvalue weighted by atomic mass is 32.1. The fraction of sp³-hybridized carbons (Fsp3) is 0.318. The van der Waals surface area contributed by atoms with Gasteiger partial charge in [0.1, 0.15) is 31.9 Å². The van der Waals surface area contributed by atoms with Crippen molar-refractivity contribution in [2.75, 3.05) is 38.2 Å². The van der Waals surface area contributed by atoms with E-state index in [1.54, 1.807) is 7.11 Å². The number of H-pyrrole nitrogens is 1. The summed E-state index contributed by atoms with van der Waals surface area (Å²) in [4.78, 5) is 7.19. The van der Waals surface area contributed by atoms with Crippen LogP contribution in [0.25, 0.3) is 11.4 Å². The van der Waals surface area contributed by atoms with Crippen LogP contribution in [-0.2, 0) is 13.2 Å². The van der Waals surface area contributed by atoms with Gasteiger partial charge in [0.2, 0.25) is 4.77 Å². The molecule has 3 heterocycles. The zero-order chi connectivity index (χ0) is 20.9. The molecule has 1 saturated heterocycles. The summed E-state index contributed by atoms with van der Waals surface area (Å²) in [6.07, 6.45) is 3.83. The first kappa shape index (κ1) is 20.3. The summed E-state index contributed by atoms with van der Waals surface area (Å²) in [6.45, 7) is 9.36. The van der Waals surface area contributed by atoms with Crippen molar-refractivity contribution in [2.24, 2.45) is 0 Å². The molecule has 2 aromatic heterocycles. The van der Waals surface area contributed by atoms with Gasteiger partial charge in [0.15, 0.2) is 12.5 Å². The van der Waals surface area contributed by atoms with Crippen LogP contribution in [0.15, 0.2) is 61.3 Å². The maximum atomic E-state index is 5.76. The summed E-state index contributed by atoms with van der Waals surface area (Å²) in [5.41, 5.74) is 1.02. The number of hydrogen-bond donors (Lipinski definition) is 1. The quantitative estimate of drug-likeness (QED) is 0.461. The van der Waals surface area contributed by atoms with E-state index < -0.39 is 0 Å². The molecule has 0 spiro atoms. The van der Waals surface area contributed by atoms with Gasteiger partial charge in [-0.15, -0.1) is 11.7 Å². The number of aromatic nitrogens is 4. The molecule has 7 nitrogen and oxygen atoms in total. The number of piperazine rings is 1. The summed E-state index contributed by atoms with van der Waals surface area (Å²) in [5, 5.41) is 4.87. The van der Waals surface area contributed by atoms with E-state index >= 15 is 0 Å². The summed E-state index contributed by atoms with van der Waals surface area (Å²) in [6, 6.07) is 14.1. The fourth-order valence-corrected chi connectivity index (χ4v) is 4.07. The molecule has 3 aromatic rings. The van der Waals surface area contributed by atoms with E-state index in [9.17, 15) is 0 Å². The number of hydrogen-bond acceptors (Lipinski definition) is 4. The van der Waals surface area contributed by atoms with Crippen LogP contribution in [-0.4, -0.2) is 47.6 Å². The number of anilines is 1. The number of nitrogens with one attached hydrogen (secondary N) is 2. The third kappa shape index (κ3) is 4.29. The molecule has 2 N–H and O–H groups in total. The van der Waals surface area contributed by atoms with Crippen LogP contribution in [0.5, 0.6) is 5.75 Å². The van der Waals surface area contributed by atoms with Crippen molar-refractivity contribution in [1.29, 1.82) is 0 Å². The van der Waals surface area contributed by atoms with Crippen molar-refractivity contribution in [3.8, 4) is 17.1 Å². The molecule has 0 saturated carbocycles. The maximum absolute atomic E-state index is 5.76. The third-order valence-electron chi connectivity index (χ3n) is 5.46. The standard InChI is InChI=1S/C22H26N6OS/c1-3-12-27-21(18-7-9-19(29-2)10-8-18)24-28(22(27)30)17-25-13-15-26(16-14-25)20-6-4-5-11-23-20/h3-11H,1,12-17H2,2H3/p+2. The Morgan fingerprint density at radius 1 is 1.20 bits per heavy atom. The van der Waals surface area contributed by atoms with Gasteiger partial charge in [-0.2, -0.15) is 4.68 Å². The number of ether oxygens (including phenoxy) is 1. The van der Waals surface area contributed by atoms with Gasteiger partial charge >= 0.3 is 0 Å². The largest absolute Gasteiger partial charge is 0.497 e. The Kier molecular flexibility index (Phi) is 6.25. The second kappa shape index (κ2) is 9.23. The first-order valence-electron chi connectivity index (χ1n) is 10.2. The molecule has 8 heteroatoms. The number of allylic oxidation sites excluding steroid dienone is 1. The van der Waals surface area contributed by atoms with Gasteiger partial charge in [0.25, 0.3) is 5.82 Å². The lowest BCUT2D eigenvalue weighted by Gasteiger charge is -2.27. The molecule has 0 atom stereocenters. The lowest BCUT2D eigenvalue weighted by molar-refractivity contribution is -0.924. The summed E-state index contributed by atoms with van der Waals surface area (Å²) < 4.78 is 10.00. The minimum Gasteiger partial charge on any atom is -0.497 e. The van der Waals surface area contributed by atoms with Crippen LogP contribution in [0.3, 0.4) is 0 Å². The number of aromatic amines is 1. The lowest BCUT2D eigenvalue weighted by atomic mass is 10.2. The van der Waals surface area contributed by atoms with Crippen LogP contribution in [0.1, 0.15) is 0 Å². The number of nitrogens with zero attached hydrogens (tertiary/aromatic N) is 4. The number of benzene rings is 1. The van der Waals surface area contributed by atoms with Crippen LogP contribution >= 0.6 is 12.2 Å². The zero-order valence-electron chi connectivity index (χ0n) is 17.3. The maximum Gasteiger partial charge on any atom is 0.274 e. The first-order valence-corrected chi connectivity index (χ1v) is 10.6. The highest BCUT2D eigenvalue weighted by Gasteiger charge is 2.26. The molecule has 1 aromatic carbocycles. The van der Waals surface area contributed by atoms with Gasteiger partial charge in [-0.3, -0.25) is 9.47 Å². The Bertz CT molecular complexity index is 1040. The molecule has 0 bridgehead atoms. The summed E-state index contributed by atoms with van der Waals surface area (Å²) in [5.74, 6) is 2.86. The normalized spacial score (nSPS) is 14.6. The minimum atomic E-state index is 0.632. The van der Waals surface area contributed by atoms with Crippen LogP contribution in [0.2, 0.25) is 0 Å².